The van der Waals surface area contributed by atoms with Crippen LogP contribution in [0.15, 0.2) is 35.7 Å². The molecular formula is C15H20N2OS. The van der Waals surface area contributed by atoms with Crippen LogP contribution in [0.5, 0.6) is 0 Å². The fraction of sp³-hybridized carbons (Fsp3) is 0.400. The fourth-order valence-electron chi connectivity index (χ4n) is 1.56. The van der Waals surface area contributed by atoms with E-state index in [9.17, 15) is 0 Å². The molecule has 0 aliphatic rings. The van der Waals surface area contributed by atoms with Crippen LogP contribution >= 0.6 is 11.3 Å². The molecule has 3 nitrogen and oxygen atoms in total. The summed E-state index contributed by atoms with van der Waals surface area (Å²) in [5.41, 5.74) is 5.37. The lowest BCUT2D eigenvalue weighted by atomic mass is 9.93. The van der Waals surface area contributed by atoms with Crippen LogP contribution in [0.1, 0.15) is 37.0 Å². The number of thiazole rings is 1. The van der Waals surface area contributed by atoms with E-state index in [1.807, 2.05) is 30.3 Å². The van der Waals surface area contributed by atoms with Gasteiger partial charge in [0.15, 0.2) is 0 Å². The smallest absolute Gasteiger partial charge is 0.109 e. The molecule has 2 aromatic rings. The summed E-state index contributed by atoms with van der Waals surface area (Å²) in [7, 11) is 0. The second kappa shape index (κ2) is 6.28. The van der Waals surface area contributed by atoms with Crippen LogP contribution in [-0.4, -0.2) is 4.98 Å². The van der Waals surface area contributed by atoms with Crippen LogP contribution in [0.4, 0.5) is 0 Å². The Labute approximate surface area is 118 Å². The van der Waals surface area contributed by atoms with E-state index in [1.54, 1.807) is 11.3 Å². The molecule has 1 N–H and O–H groups in total. The van der Waals surface area contributed by atoms with Gasteiger partial charge in [-0.2, -0.15) is 5.48 Å². The second-order valence-electron chi connectivity index (χ2n) is 5.47. The number of rotatable bonds is 5. The predicted octanol–water partition coefficient (Wildman–Crippen LogP) is 3.66. The Morgan fingerprint density at radius 3 is 2.58 bits per heavy atom. The average Bonchev–Trinajstić information content (AvgIpc) is 2.85. The number of nitrogens with one attached hydrogen (secondary N) is 1. The van der Waals surface area contributed by atoms with E-state index in [1.165, 1.54) is 0 Å². The number of benzene rings is 1. The van der Waals surface area contributed by atoms with Gasteiger partial charge < -0.3 is 0 Å². The van der Waals surface area contributed by atoms with Crippen molar-refractivity contribution in [3.8, 4) is 0 Å². The lowest BCUT2D eigenvalue weighted by Crippen LogP contribution is -2.15. The van der Waals surface area contributed by atoms with E-state index < -0.39 is 0 Å². The molecule has 0 atom stereocenters. The highest BCUT2D eigenvalue weighted by molar-refractivity contribution is 7.09. The van der Waals surface area contributed by atoms with Crippen LogP contribution < -0.4 is 5.48 Å². The SMILES string of the molecule is CC(C)(C)c1csc(CNOCc2ccccc2)n1. The zero-order valence-corrected chi connectivity index (χ0v) is 12.5. The van der Waals surface area contributed by atoms with Gasteiger partial charge in [-0.15, -0.1) is 11.3 Å². The van der Waals surface area contributed by atoms with Gasteiger partial charge in [0.25, 0.3) is 0 Å². The van der Waals surface area contributed by atoms with Gasteiger partial charge in [-0.25, -0.2) is 4.98 Å². The van der Waals surface area contributed by atoms with Gasteiger partial charge in [0.2, 0.25) is 0 Å². The Kier molecular flexibility index (Phi) is 4.69. The number of hydrogen-bond acceptors (Lipinski definition) is 4. The number of aromatic nitrogens is 1. The van der Waals surface area contributed by atoms with Crippen molar-refractivity contribution in [1.82, 2.24) is 10.5 Å². The number of hydrogen-bond donors (Lipinski definition) is 1. The van der Waals surface area contributed by atoms with Crippen LogP contribution in [0, 0.1) is 0 Å². The summed E-state index contributed by atoms with van der Waals surface area (Å²) >= 11 is 1.67. The Balaban J connectivity index is 1.76. The van der Waals surface area contributed by atoms with Crippen LogP contribution in [-0.2, 0) is 23.4 Å². The van der Waals surface area contributed by atoms with Crippen molar-refractivity contribution in [2.45, 2.75) is 39.3 Å². The van der Waals surface area contributed by atoms with Gasteiger partial charge in [-0.05, 0) is 5.56 Å². The maximum absolute atomic E-state index is 5.44. The average molecular weight is 276 g/mol. The van der Waals surface area contributed by atoms with Crippen molar-refractivity contribution < 1.29 is 4.84 Å². The van der Waals surface area contributed by atoms with Crippen molar-refractivity contribution in [2.24, 2.45) is 0 Å². The molecule has 0 fully saturated rings. The first kappa shape index (κ1) is 14.2. The van der Waals surface area contributed by atoms with Crippen molar-refractivity contribution >= 4 is 11.3 Å². The summed E-state index contributed by atoms with van der Waals surface area (Å²) in [5, 5.41) is 3.17. The molecular weight excluding hydrogens is 256 g/mol. The summed E-state index contributed by atoms with van der Waals surface area (Å²) in [6.07, 6.45) is 0. The van der Waals surface area contributed by atoms with Crippen molar-refractivity contribution in [2.75, 3.05) is 0 Å². The summed E-state index contributed by atoms with van der Waals surface area (Å²) in [6.45, 7) is 7.73. The van der Waals surface area contributed by atoms with E-state index in [4.69, 9.17) is 4.84 Å². The van der Waals surface area contributed by atoms with E-state index in [-0.39, 0.29) is 5.41 Å². The van der Waals surface area contributed by atoms with Gasteiger partial charge in [0, 0.05) is 10.8 Å². The lowest BCUT2D eigenvalue weighted by Gasteiger charge is -2.14. The van der Waals surface area contributed by atoms with Gasteiger partial charge >= 0.3 is 0 Å². The van der Waals surface area contributed by atoms with E-state index in [0.29, 0.717) is 13.2 Å². The van der Waals surface area contributed by atoms with Gasteiger partial charge in [0.1, 0.15) is 5.01 Å². The first-order valence-corrected chi connectivity index (χ1v) is 7.27. The van der Waals surface area contributed by atoms with E-state index in [0.717, 1.165) is 16.3 Å². The molecule has 0 aliphatic heterocycles. The van der Waals surface area contributed by atoms with Gasteiger partial charge in [-0.1, -0.05) is 51.1 Å². The van der Waals surface area contributed by atoms with Crippen molar-refractivity contribution in [3.05, 3.63) is 52.0 Å². The Hall–Kier alpha value is -1.23. The lowest BCUT2D eigenvalue weighted by molar-refractivity contribution is 0.0234. The fourth-order valence-corrected chi connectivity index (χ4v) is 2.51. The minimum Gasteiger partial charge on any atom is -0.297 e. The van der Waals surface area contributed by atoms with Gasteiger partial charge in [-0.3, -0.25) is 4.84 Å². The van der Waals surface area contributed by atoms with Gasteiger partial charge in [0.05, 0.1) is 18.8 Å². The third-order valence-corrected chi connectivity index (χ3v) is 3.58. The maximum Gasteiger partial charge on any atom is 0.109 e. The normalized spacial score (nSPS) is 11.7. The van der Waals surface area contributed by atoms with Crippen LogP contribution in [0.25, 0.3) is 0 Å². The van der Waals surface area contributed by atoms with E-state index >= 15 is 0 Å². The van der Waals surface area contributed by atoms with Crippen molar-refractivity contribution in [1.29, 1.82) is 0 Å². The summed E-state index contributed by atoms with van der Waals surface area (Å²) in [6, 6.07) is 10.1. The van der Waals surface area contributed by atoms with Crippen LogP contribution in [0.2, 0.25) is 0 Å². The Bertz CT molecular complexity index is 502. The molecule has 0 unspecified atom stereocenters. The molecule has 1 aromatic heterocycles. The standard InChI is InChI=1S/C15H20N2OS/c1-15(2,3)13-11-19-14(17-13)9-16-18-10-12-7-5-4-6-8-12/h4-8,11,16H,9-10H2,1-3H3. The number of nitrogens with zero attached hydrogens (tertiary/aromatic N) is 1. The largest absolute Gasteiger partial charge is 0.297 e. The highest BCUT2D eigenvalue weighted by Gasteiger charge is 2.17. The molecule has 1 aromatic carbocycles. The predicted molar refractivity (Wildman–Crippen MR) is 78.9 cm³/mol. The molecule has 19 heavy (non-hydrogen) atoms. The molecule has 102 valence electrons. The molecule has 0 saturated carbocycles. The summed E-state index contributed by atoms with van der Waals surface area (Å²) in [5.74, 6) is 0. The Morgan fingerprint density at radius 1 is 1.21 bits per heavy atom. The quantitative estimate of drug-likeness (QED) is 0.668. The first-order valence-electron chi connectivity index (χ1n) is 6.39. The molecule has 0 aliphatic carbocycles. The molecule has 0 amide bonds. The maximum atomic E-state index is 5.44. The monoisotopic (exact) mass is 276 g/mol. The van der Waals surface area contributed by atoms with Crippen LogP contribution in [0.3, 0.4) is 0 Å². The first-order chi connectivity index (χ1) is 9.05. The molecule has 0 saturated heterocycles. The minimum absolute atomic E-state index is 0.111. The number of hydroxylamine groups is 1. The highest BCUT2D eigenvalue weighted by atomic mass is 32.1. The van der Waals surface area contributed by atoms with Crippen molar-refractivity contribution in [3.63, 3.8) is 0 Å². The zero-order valence-electron chi connectivity index (χ0n) is 11.6. The van der Waals surface area contributed by atoms with E-state index in [2.05, 4.69) is 36.6 Å². The summed E-state index contributed by atoms with van der Waals surface area (Å²) in [4.78, 5) is 10.0. The Morgan fingerprint density at radius 2 is 1.95 bits per heavy atom. The molecule has 2 rings (SSSR count). The summed E-state index contributed by atoms with van der Waals surface area (Å²) < 4.78 is 0. The zero-order chi connectivity index (χ0) is 13.7. The second-order valence-corrected chi connectivity index (χ2v) is 6.41. The third-order valence-electron chi connectivity index (χ3n) is 2.73. The molecule has 0 bridgehead atoms. The molecule has 0 spiro atoms. The molecule has 0 radical (unpaired) electrons. The third kappa shape index (κ3) is 4.42. The molecule has 4 heteroatoms. The minimum atomic E-state index is 0.111. The topological polar surface area (TPSA) is 34.1 Å². The highest BCUT2D eigenvalue weighted by Crippen LogP contribution is 2.23. The molecule has 1 heterocycles.